The second-order valence-corrected chi connectivity index (χ2v) is 5.85. The molecule has 3 rings (SSSR count). The highest BCUT2D eigenvalue weighted by atomic mass is 35.5. The molecular formula is C18H17ClF4N2O. The molecule has 1 aliphatic heterocycles. The van der Waals surface area contributed by atoms with E-state index >= 15 is 0 Å². The van der Waals surface area contributed by atoms with Crippen molar-refractivity contribution in [1.82, 2.24) is 10.2 Å². The Labute approximate surface area is 154 Å². The Morgan fingerprint density at radius 2 is 1.85 bits per heavy atom. The summed E-state index contributed by atoms with van der Waals surface area (Å²) in [6.07, 6.45) is -4.51. The molecule has 1 atom stereocenters. The lowest BCUT2D eigenvalue weighted by molar-refractivity contribution is -0.137. The van der Waals surface area contributed by atoms with E-state index < -0.39 is 29.5 Å². The number of rotatable bonds is 2. The normalized spacial score (nSPS) is 17.5. The van der Waals surface area contributed by atoms with Crippen LogP contribution in [0.4, 0.5) is 17.6 Å². The van der Waals surface area contributed by atoms with Crippen LogP contribution in [0.15, 0.2) is 48.5 Å². The third-order valence-electron chi connectivity index (χ3n) is 4.17. The van der Waals surface area contributed by atoms with Crippen LogP contribution in [0.2, 0.25) is 0 Å². The van der Waals surface area contributed by atoms with E-state index in [1.54, 1.807) is 12.1 Å². The van der Waals surface area contributed by atoms with Crippen LogP contribution < -0.4 is 5.32 Å². The molecule has 1 saturated heterocycles. The minimum absolute atomic E-state index is 0. The highest BCUT2D eigenvalue weighted by Gasteiger charge is 2.33. The molecule has 0 aliphatic carbocycles. The summed E-state index contributed by atoms with van der Waals surface area (Å²) in [6, 6.07) is 9.82. The lowest BCUT2D eigenvalue weighted by Gasteiger charge is -2.36. The molecule has 0 saturated carbocycles. The van der Waals surface area contributed by atoms with Crippen LogP contribution in [-0.2, 0) is 6.18 Å². The Hall–Kier alpha value is -2.12. The van der Waals surface area contributed by atoms with Crippen molar-refractivity contribution < 1.29 is 22.4 Å². The van der Waals surface area contributed by atoms with Gasteiger partial charge in [-0.15, -0.1) is 12.4 Å². The molecule has 0 bridgehead atoms. The molecule has 26 heavy (non-hydrogen) atoms. The molecule has 1 heterocycles. The van der Waals surface area contributed by atoms with Crippen LogP contribution in [-0.4, -0.2) is 30.4 Å². The molecule has 0 radical (unpaired) electrons. The van der Waals surface area contributed by atoms with Crippen molar-refractivity contribution in [2.24, 2.45) is 0 Å². The van der Waals surface area contributed by atoms with Gasteiger partial charge in [-0.1, -0.05) is 18.2 Å². The van der Waals surface area contributed by atoms with Crippen LogP contribution in [0.3, 0.4) is 0 Å². The van der Waals surface area contributed by atoms with Gasteiger partial charge < -0.3 is 10.2 Å². The van der Waals surface area contributed by atoms with Crippen molar-refractivity contribution in [3.05, 3.63) is 71.0 Å². The van der Waals surface area contributed by atoms with Crippen molar-refractivity contribution in [3.8, 4) is 0 Å². The maximum absolute atomic E-state index is 13.5. The van der Waals surface area contributed by atoms with Crippen LogP contribution in [0, 0.1) is 5.82 Å². The molecular weight excluding hydrogens is 372 g/mol. The maximum atomic E-state index is 13.5. The zero-order chi connectivity index (χ0) is 18.0. The van der Waals surface area contributed by atoms with Gasteiger partial charge in [0.2, 0.25) is 0 Å². The van der Waals surface area contributed by atoms with Gasteiger partial charge in [0.1, 0.15) is 5.82 Å². The fourth-order valence-corrected chi connectivity index (χ4v) is 2.95. The van der Waals surface area contributed by atoms with Gasteiger partial charge in [-0.25, -0.2) is 4.39 Å². The maximum Gasteiger partial charge on any atom is 0.416 e. The summed E-state index contributed by atoms with van der Waals surface area (Å²) in [7, 11) is 0. The Morgan fingerprint density at radius 1 is 1.12 bits per heavy atom. The largest absolute Gasteiger partial charge is 0.416 e. The number of nitrogens with one attached hydrogen (secondary N) is 1. The molecule has 140 valence electrons. The molecule has 1 aliphatic rings. The Balaban J connectivity index is 0.00000243. The zero-order valence-corrected chi connectivity index (χ0v) is 14.4. The van der Waals surface area contributed by atoms with Crippen molar-refractivity contribution in [3.63, 3.8) is 0 Å². The number of alkyl halides is 3. The van der Waals surface area contributed by atoms with Crippen LogP contribution >= 0.6 is 12.4 Å². The zero-order valence-electron chi connectivity index (χ0n) is 13.6. The average molecular weight is 389 g/mol. The second kappa shape index (κ2) is 8.05. The third-order valence-corrected chi connectivity index (χ3v) is 4.17. The standard InChI is InChI=1S/C18H16F4N2O.ClH/c19-15-6-2-3-12(10-15)16-11-23-7-8-24(16)17(25)13-4-1-5-14(9-13)18(20,21)22;/h1-6,9-10,16,23H,7-8,11H2;1H. The first-order valence-corrected chi connectivity index (χ1v) is 7.80. The lowest BCUT2D eigenvalue weighted by atomic mass is 10.0. The van der Waals surface area contributed by atoms with Gasteiger partial charge in [0.05, 0.1) is 11.6 Å². The molecule has 3 nitrogen and oxygen atoms in total. The van der Waals surface area contributed by atoms with E-state index in [2.05, 4.69) is 5.32 Å². The van der Waals surface area contributed by atoms with E-state index in [1.165, 1.54) is 29.2 Å². The lowest BCUT2D eigenvalue weighted by Crippen LogP contribution is -2.48. The summed E-state index contributed by atoms with van der Waals surface area (Å²) in [4.78, 5) is 14.3. The number of benzene rings is 2. The number of amides is 1. The Morgan fingerprint density at radius 3 is 2.54 bits per heavy atom. The number of nitrogens with zero attached hydrogens (tertiary/aromatic N) is 1. The Bertz CT molecular complexity index is 782. The van der Waals surface area contributed by atoms with Crippen molar-refractivity contribution in [2.45, 2.75) is 12.2 Å². The summed E-state index contributed by atoms with van der Waals surface area (Å²) in [5.41, 5.74) is -0.290. The predicted molar refractivity (Wildman–Crippen MR) is 91.7 cm³/mol. The SMILES string of the molecule is Cl.O=C(c1cccc(C(F)(F)F)c1)N1CCNCC1c1cccc(F)c1. The molecule has 0 aromatic heterocycles. The molecule has 2 aromatic rings. The van der Waals surface area contributed by atoms with Crippen LogP contribution in [0.25, 0.3) is 0 Å². The first-order valence-electron chi connectivity index (χ1n) is 7.80. The first kappa shape index (κ1) is 20.2. The molecule has 1 unspecified atom stereocenters. The summed E-state index contributed by atoms with van der Waals surface area (Å²) in [5.74, 6) is -0.920. The van der Waals surface area contributed by atoms with Gasteiger partial charge in [0.25, 0.3) is 5.91 Å². The van der Waals surface area contributed by atoms with Crippen molar-refractivity contribution >= 4 is 18.3 Å². The summed E-state index contributed by atoms with van der Waals surface area (Å²) >= 11 is 0. The van der Waals surface area contributed by atoms with Crippen LogP contribution in [0.1, 0.15) is 27.5 Å². The van der Waals surface area contributed by atoms with E-state index in [9.17, 15) is 22.4 Å². The fourth-order valence-electron chi connectivity index (χ4n) is 2.95. The van der Waals surface area contributed by atoms with Crippen LogP contribution in [0.5, 0.6) is 0 Å². The third kappa shape index (κ3) is 4.34. The average Bonchev–Trinajstić information content (AvgIpc) is 2.60. The fraction of sp³-hybridized carbons (Fsp3) is 0.278. The number of hydrogen-bond donors (Lipinski definition) is 1. The van der Waals surface area contributed by atoms with Gasteiger partial charge in [-0.2, -0.15) is 13.2 Å². The van der Waals surface area contributed by atoms with E-state index in [4.69, 9.17) is 0 Å². The second-order valence-electron chi connectivity index (χ2n) is 5.85. The first-order chi connectivity index (χ1) is 11.9. The number of halogens is 5. The van der Waals surface area contributed by atoms with Crippen molar-refractivity contribution in [1.29, 1.82) is 0 Å². The monoisotopic (exact) mass is 388 g/mol. The number of carbonyl (C=O) groups excluding carboxylic acids is 1. The molecule has 1 fully saturated rings. The van der Waals surface area contributed by atoms with E-state index in [-0.39, 0.29) is 18.0 Å². The smallest absolute Gasteiger partial charge is 0.329 e. The summed E-state index contributed by atoms with van der Waals surface area (Å²) < 4.78 is 52.2. The summed E-state index contributed by atoms with van der Waals surface area (Å²) in [6.45, 7) is 1.26. The molecule has 0 spiro atoms. The number of carbonyl (C=O) groups is 1. The number of piperazine rings is 1. The predicted octanol–water partition coefficient (Wildman–Crippen LogP) is 4.05. The molecule has 1 N–H and O–H groups in total. The summed E-state index contributed by atoms with van der Waals surface area (Å²) in [5, 5.41) is 3.13. The highest BCUT2D eigenvalue weighted by molar-refractivity contribution is 5.94. The van der Waals surface area contributed by atoms with Crippen molar-refractivity contribution in [2.75, 3.05) is 19.6 Å². The molecule has 8 heteroatoms. The highest BCUT2D eigenvalue weighted by Crippen LogP contribution is 2.31. The Kier molecular flexibility index (Phi) is 6.26. The topological polar surface area (TPSA) is 32.3 Å². The van der Waals surface area contributed by atoms with E-state index in [0.29, 0.717) is 25.2 Å². The van der Waals surface area contributed by atoms with Gasteiger partial charge in [-0.3, -0.25) is 4.79 Å². The van der Waals surface area contributed by atoms with Gasteiger partial charge >= 0.3 is 6.18 Å². The minimum atomic E-state index is -4.51. The van der Waals surface area contributed by atoms with Gasteiger partial charge in [-0.05, 0) is 35.9 Å². The molecule has 1 amide bonds. The van der Waals surface area contributed by atoms with Gasteiger partial charge in [0, 0.05) is 25.2 Å². The quantitative estimate of drug-likeness (QED) is 0.787. The molecule has 2 aromatic carbocycles. The minimum Gasteiger partial charge on any atom is -0.329 e. The van der Waals surface area contributed by atoms with E-state index in [0.717, 1.165) is 12.1 Å². The van der Waals surface area contributed by atoms with Gasteiger partial charge in [0.15, 0.2) is 0 Å². The number of hydrogen-bond acceptors (Lipinski definition) is 2. The van der Waals surface area contributed by atoms with E-state index in [1.807, 2.05) is 0 Å².